The molecule has 0 bridgehead atoms. The molecule has 0 saturated carbocycles. The third kappa shape index (κ3) is 2.33. The van der Waals surface area contributed by atoms with Gasteiger partial charge in [0.25, 0.3) is 0 Å². The van der Waals surface area contributed by atoms with Crippen molar-refractivity contribution in [1.82, 2.24) is 10.2 Å². The summed E-state index contributed by atoms with van der Waals surface area (Å²) in [6.45, 7) is 3.72. The molecule has 1 aromatic rings. The maximum absolute atomic E-state index is 12.1. The molecule has 0 saturated heterocycles. The van der Waals surface area contributed by atoms with Gasteiger partial charge < -0.3 is 19.4 Å². The first-order chi connectivity index (χ1) is 9.06. The number of furan rings is 1. The van der Waals surface area contributed by atoms with E-state index in [0.29, 0.717) is 17.0 Å². The van der Waals surface area contributed by atoms with Crippen molar-refractivity contribution in [2.75, 3.05) is 13.7 Å². The molecule has 1 N–H and O–H groups in total. The Kier molecular flexibility index (Phi) is 3.59. The minimum Gasteiger partial charge on any atom is -0.467 e. The molecule has 2 amide bonds. The van der Waals surface area contributed by atoms with Gasteiger partial charge in [0.05, 0.1) is 18.4 Å². The molecule has 1 atom stereocenters. The van der Waals surface area contributed by atoms with Gasteiger partial charge >= 0.3 is 12.0 Å². The molecule has 2 rings (SSSR count). The van der Waals surface area contributed by atoms with Gasteiger partial charge in [0.2, 0.25) is 0 Å². The Morgan fingerprint density at radius 2 is 2.32 bits per heavy atom. The van der Waals surface area contributed by atoms with Gasteiger partial charge in [-0.25, -0.2) is 9.59 Å². The molecule has 1 aliphatic rings. The van der Waals surface area contributed by atoms with Crippen LogP contribution in [0.2, 0.25) is 0 Å². The summed E-state index contributed by atoms with van der Waals surface area (Å²) >= 11 is 0. The minimum atomic E-state index is -0.613. The highest BCUT2D eigenvalue weighted by atomic mass is 16.5. The van der Waals surface area contributed by atoms with E-state index in [0.717, 1.165) is 0 Å². The van der Waals surface area contributed by atoms with Crippen LogP contribution in [-0.2, 0) is 9.53 Å². The highest BCUT2D eigenvalue weighted by molar-refractivity contribution is 5.94. The van der Waals surface area contributed by atoms with Crippen molar-refractivity contribution < 1.29 is 18.7 Å². The molecule has 1 aromatic heterocycles. The number of nitrogens with one attached hydrogen (secondary N) is 1. The van der Waals surface area contributed by atoms with E-state index in [-0.39, 0.29) is 12.6 Å². The van der Waals surface area contributed by atoms with Gasteiger partial charge in [-0.2, -0.15) is 0 Å². The van der Waals surface area contributed by atoms with Crippen LogP contribution in [-0.4, -0.2) is 30.6 Å². The van der Waals surface area contributed by atoms with Crippen LogP contribution in [0.5, 0.6) is 0 Å². The number of nitrogens with zero attached hydrogens (tertiary/aromatic N) is 1. The average molecular weight is 264 g/mol. The van der Waals surface area contributed by atoms with Gasteiger partial charge in [0.15, 0.2) is 0 Å². The summed E-state index contributed by atoms with van der Waals surface area (Å²) in [7, 11) is 1.60. The van der Waals surface area contributed by atoms with Crippen LogP contribution >= 0.6 is 0 Å². The van der Waals surface area contributed by atoms with Crippen molar-refractivity contribution in [3.63, 3.8) is 0 Å². The third-order valence-electron chi connectivity index (χ3n) is 3.08. The van der Waals surface area contributed by atoms with Crippen molar-refractivity contribution in [3.8, 4) is 0 Å². The maximum atomic E-state index is 12.1. The lowest BCUT2D eigenvalue weighted by Gasteiger charge is -2.31. The normalized spacial score (nSPS) is 19.4. The summed E-state index contributed by atoms with van der Waals surface area (Å²) in [6.07, 6.45) is 1.50. The fourth-order valence-corrected chi connectivity index (χ4v) is 1.98. The molecule has 2 heterocycles. The molecule has 0 spiro atoms. The van der Waals surface area contributed by atoms with Gasteiger partial charge in [-0.3, -0.25) is 0 Å². The first-order valence-corrected chi connectivity index (χ1v) is 6.01. The molecular formula is C13H16N2O4. The molecule has 0 aliphatic carbocycles. The van der Waals surface area contributed by atoms with Crippen LogP contribution in [0.1, 0.15) is 25.6 Å². The van der Waals surface area contributed by atoms with Crippen molar-refractivity contribution >= 4 is 12.0 Å². The topological polar surface area (TPSA) is 71.8 Å². The number of esters is 1. The van der Waals surface area contributed by atoms with E-state index in [4.69, 9.17) is 9.15 Å². The number of urea groups is 1. The van der Waals surface area contributed by atoms with Gasteiger partial charge in [-0.15, -0.1) is 0 Å². The number of carbonyl (C=O) groups is 2. The van der Waals surface area contributed by atoms with E-state index in [9.17, 15) is 9.59 Å². The number of ether oxygens (including phenoxy) is 1. The molecule has 6 heteroatoms. The van der Waals surface area contributed by atoms with E-state index < -0.39 is 12.0 Å². The van der Waals surface area contributed by atoms with Crippen LogP contribution in [0.3, 0.4) is 0 Å². The van der Waals surface area contributed by atoms with Gasteiger partial charge in [0.1, 0.15) is 11.8 Å². The lowest BCUT2D eigenvalue weighted by atomic mass is 10.0. The van der Waals surface area contributed by atoms with E-state index in [1.807, 2.05) is 0 Å². The maximum Gasteiger partial charge on any atom is 0.338 e. The molecule has 6 nitrogen and oxygen atoms in total. The molecular weight excluding hydrogens is 248 g/mol. The Morgan fingerprint density at radius 1 is 1.58 bits per heavy atom. The number of rotatable bonds is 3. The standard InChI is InChI=1S/C13H16N2O4/c1-4-18-12(16)10-8(2)15(3)13(17)14-11(10)9-6-5-7-19-9/h5-7,11H,4H2,1-3H3,(H,14,17). The van der Waals surface area contributed by atoms with Crippen molar-refractivity contribution in [2.45, 2.75) is 19.9 Å². The fourth-order valence-electron chi connectivity index (χ4n) is 1.98. The highest BCUT2D eigenvalue weighted by Crippen LogP contribution is 2.30. The smallest absolute Gasteiger partial charge is 0.338 e. The molecule has 0 fully saturated rings. The number of carbonyl (C=O) groups excluding carboxylic acids is 2. The zero-order valence-electron chi connectivity index (χ0n) is 11.1. The predicted octanol–water partition coefficient (Wildman–Crippen LogP) is 1.81. The lowest BCUT2D eigenvalue weighted by Crippen LogP contribution is -2.46. The molecule has 0 radical (unpaired) electrons. The van der Waals surface area contributed by atoms with Crippen LogP contribution in [0.4, 0.5) is 4.79 Å². The zero-order valence-corrected chi connectivity index (χ0v) is 11.1. The van der Waals surface area contributed by atoms with Crippen molar-refractivity contribution in [1.29, 1.82) is 0 Å². The molecule has 19 heavy (non-hydrogen) atoms. The minimum absolute atomic E-state index is 0.276. The summed E-state index contributed by atoms with van der Waals surface area (Å²) in [6, 6.07) is 2.52. The Balaban J connectivity index is 2.45. The monoisotopic (exact) mass is 264 g/mol. The summed E-state index contributed by atoms with van der Waals surface area (Å²) in [5.41, 5.74) is 0.947. The van der Waals surface area contributed by atoms with Crippen molar-refractivity contribution in [2.24, 2.45) is 0 Å². The zero-order chi connectivity index (χ0) is 14.0. The summed E-state index contributed by atoms with van der Waals surface area (Å²) in [5.74, 6) is 0.0529. The average Bonchev–Trinajstić information content (AvgIpc) is 2.89. The number of hydrogen-bond donors (Lipinski definition) is 1. The van der Waals surface area contributed by atoms with Crippen LogP contribution in [0.15, 0.2) is 34.1 Å². The van der Waals surface area contributed by atoms with Crippen LogP contribution < -0.4 is 5.32 Å². The SMILES string of the molecule is CCOC(=O)C1=C(C)N(C)C(=O)NC1c1ccco1. The fraction of sp³-hybridized carbons (Fsp3) is 0.385. The quantitative estimate of drug-likeness (QED) is 0.845. The summed E-state index contributed by atoms with van der Waals surface area (Å²) in [5, 5.41) is 2.72. The lowest BCUT2D eigenvalue weighted by molar-refractivity contribution is -0.139. The second kappa shape index (κ2) is 5.17. The molecule has 0 aromatic carbocycles. The number of hydrogen-bond acceptors (Lipinski definition) is 4. The molecule has 102 valence electrons. The largest absolute Gasteiger partial charge is 0.467 e. The van der Waals surface area contributed by atoms with Gasteiger partial charge in [-0.1, -0.05) is 0 Å². The first kappa shape index (κ1) is 13.2. The first-order valence-electron chi connectivity index (χ1n) is 6.01. The second-order valence-electron chi connectivity index (χ2n) is 4.18. The number of amides is 2. The van der Waals surface area contributed by atoms with E-state index in [2.05, 4.69) is 5.32 Å². The molecule has 1 aliphatic heterocycles. The van der Waals surface area contributed by atoms with E-state index >= 15 is 0 Å². The summed E-state index contributed by atoms with van der Waals surface area (Å²) < 4.78 is 10.3. The number of allylic oxidation sites excluding steroid dienone is 1. The van der Waals surface area contributed by atoms with Gasteiger partial charge in [-0.05, 0) is 26.0 Å². The highest BCUT2D eigenvalue weighted by Gasteiger charge is 2.36. The second-order valence-corrected chi connectivity index (χ2v) is 4.18. The van der Waals surface area contributed by atoms with E-state index in [1.54, 1.807) is 33.0 Å². The Morgan fingerprint density at radius 3 is 2.89 bits per heavy atom. The van der Waals surface area contributed by atoms with Gasteiger partial charge in [0, 0.05) is 12.7 Å². The van der Waals surface area contributed by atoms with Crippen LogP contribution in [0.25, 0.3) is 0 Å². The third-order valence-corrected chi connectivity index (χ3v) is 3.08. The van der Waals surface area contributed by atoms with Crippen molar-refractivity contribution in [3.05, 3.63) is 35.4 Å². The Bertz CT molecular complexity index is 519. The Hall–Kier alpha value is -2.24. The summed E-state index contributed by atoms with van der Waals surface area (Å²) in [4.78, 5) is 25.3. The van der Waals surface area contributed by atoms with Crippen LogP contribution in [0, 0.1) is 0 Å². The Labute approximate surface area is 111 Å². The molecule has 1 unspecified atom stereocenters. The predicted molar refractivity (Wildman–Crippen MR) is 67.1 cm³/mol. The van der Waals surface area contributed by atoms with E-state index in [1.165, 1.54) is 11.2 Å².